The molecule has 158 valence electrons. The zero-order chi connectivity index (χ0) is 20.8. The molecule has 0 aliphatic rings. The minimum Gasteiger partial charge on any atom is -0.741 e. The van der Waals surface area contributed by atoms with Gasteiger partial charge in [0, 0.05) is 5.56 Å². The van der Waals surface area contributed by atoms with Crippen LogP contribution in [0.3, 0.4) is 0 Å². The summed E-state index contributed by atoms with van der Waals surface area (Å²) < 4.78 is 60.4. The molecular formula is C19H30F3IO3S. The molecule has 1 aromatic carbocycles. The molecule has 3 nitrogen and oxygen atoms in total. The highest BCUT2D eigenvalue weighted by Crippen LogP contribution is 2.20. The van der Waals surface area contributed by atoms with Gasteiger partial charge in [-0.3, -0.25) is 0 Å². The summed E-state index contributed by atoms with van der Waals surface area (Å²) in [6.07, 6.45) is 15.5. The summed E-state index contributed by atoms with van der Waals surface area (Å²) in [6, 6.07) is 8.82. The molecule has 0 atom stereocenters. The van der Waals surface area contributed by atoms with E-state index in [4.69, 9.17) is 13.0 Å². The van der Waals surface area contributed by atoms with Gasteiger partial charge in [-0.05, 0) is 18.9 Å². The largest absolute Gasteiger partial charge is 0.741 e. The van der Waals surface area contributed by atoms with E-state index in [1.807, 2.05) is 0 Å². The number of unbranched alkanes of at least 4 members (excludes halogenated alkanes) is 9. The van der Waals surface area contributed by atoms with Crippen molar-refractivity contribution in [2.75, 3.05) is 0 Å². The van der Waals surface area contributed by atoms with Crippen molar-refractivity contribution in [3.05, 3.63) is 33.4 Å². The van der Waals surface area contributed by atoms with Crippen molar-refractivity contribution in [1.82, 2.24) is 0 Å². The second kappa shape index (κ2) is 14.6. The van der Waals surface area contributed by atoms with Gasteiger partial charge >= 0.3 is 5.51 Å². The van der Waals surface area contributed by atoms with Crippen molar-refractivity contribution in [3.63, 3.8) is 0 Å². The lowest BCUT2D eigenvalue weighted by molar-refractivity contribution is -0.329. The first kappa shape index (κ1) is 26.6. The van der Waals surface area contributed by atoms with E-state index in [9.17, 15) is 13.2 Å². The molecule has 0 radical (unpaired) electrons. The fourth-order valence-electron chi connectivity index (χ4n) is 2.51. The van der Waals surface area contributed by atoms with E-state index in [0.717, 1.165) is 0 Å². The van der Waals surface area contributed by atoms with Crippen LogP contribution in [0.1, 0.15) is 76.7 Å². The SMILES string of the molecule is CCCCCCCCCCCCc1ccccc1[IH+].O=S(=O)([O-])C(F)(F)F. The molecule has 1 rings (SSSR count). The second-order valence-corrected chi connectivity index (χ2v) is 9.07. The Morgan fingerprint density at radius 3 is 1.70 bits per heavy atom. The fourth-order valence-corrected chi connectivity index (χ4v) is 3.22. The molecule has 27 heavy (non-hydrogen) atoms. The molecule has 0 unspecified atom stereocenters. The van der Waals surface area contributed by atoms with Crippen molar-refractivity contribution in [2.45, 2.75) is 83.1 Å². The Balaban J connectivity index is 0.000000713. The minimum atomic E-state index is -6.09. The first-order valence-electron chi connectivity index (χ1n) is 9.36. The van der Waals surface area contributed by atoms with Crippen molar-refractivity contribution >= 4 is 10.1 Å². The molecule has 8 heteroatoms. The van der Waals surface area contributed by atoms with Crippen LogP contribution in [-0.4, -0.2) is 18.5 Å². The quantitative estimate of drug-likeness (QED) is 0.195. The number of hydrogen-bond acceptors (Lipinski definition) is 3. The molecule has 0 saturated heterocycles. The van der Waals surface area contributed by atoms with Crippen LogP contribution in [0.25, 0.3) is 0 Å². The summed E-state index contributed by atoms with van der Waals surface area (Å²) in [6.45, 7) is 2.29. The second-order valence-electron chi connectivity index (χ2n) is 6.44. The Labute approximate surface area is 175 Å². The summed E-state index contributed by atoms with van der Waals surface area (Å²) in [4.78, 5) is 0. The van der Waals surface area contributed by atoms with E-state index < -0.39 is 15.6 Å². The third-order valence-electron chi connectivity index (χ3n) is 4.06. The number of halogens is 4. The maximum atomic E-state index is 10.7. The van der Waals surface area contributed by atoms with Crippen molar-refractivity contribution in [2.24, 2.45) is 0 Å². The van der Waals surface area contributed by atoms with Gasteiger partial charge in [0.25, 0.3) is 22.6 Å². The summed E-state index contributed by atoms with van der Waals surface area (Å²) in [5.41, 5.74) is -4.10. The van der Waals surface area contributed by atoms with Gasteiger partial charge in [0.2, 0.25) is 0 Å². The van der Waals surface area contributed by atoms with Gasteiger partial charge in [-0.1, -0.05) is 82.9 Å². The fraction of sp³-hybridized carbons (Fsp3) is 0.684. The lowest BCUT2D eigenvalue weighted by Gasteiger charge is -2.08. The molecule has 0 amide bonds. The lowest BCUT2D eigenvalue weighted by Crippen LogP contribution is -3.34. The Morgan fingerprint density at radius 2 is 1.30 bits per heavy atom. The Bertz CT molecular complexity index is 604. The van der Waals surface area contributed by atoms with Crippen LogP contribution in [0.2, 0.25) is 0 Å². The number of hydrogen-bond donors (Lipinski definition) is 0. The zero-order valence-corrected chi connectivity index (χ0v) is 18.9. The van der Waals surface area contributed by atoms with E-state index in [0.29, 0.717) is 0 Å². The lowest BCUT2D eigenvalue weighted by atomic mass is 10.0. The van der Waals surface area contributed by atoms with Crippen LogP contribution in [0.5, 0.6) is 0 Å². The molecule has 0 aliphatic carbocycles. The van der Waals surface area contributed by atoms with Gasteiger partial charge < -0.3 is 4.55 Å². The number of rotatable bonds is 11. The topological polar surface area (TPSA) is 57.2 Å². The molecule has 1 aromatic rings. The van der Waals surface area contributed by atoms with Crippen LogP contribution in [0, 0.1) is 3.57 Å². The molecule has 0 aliphatic heterocycles. The van der Waals surface area contributed by atoms with Crippen LogP contribution in [0.4, 0.5) is 13.2 Å². The maximum Gasteiger partial charge on any atom is 0.485 e. The first-order valence-corrected chi connectivity index (χ1v) is 11.9. The van der Waals surface area contributed by atoms with Crippen LogP contribution in [-0.2, 0) is 16.5 Å². The predicted octanol–water partition coefficient (Wildman–Crippen LogP) is 2.66. The van der Waals surface area contributed by atoms with Gasteiger partial charge in [-0.25, -0.2) is 8.42 Å². The first-order chi connectivity index (χ1) is 12.6. The number of aryl methyl sites for hydroxylation is 1. The van der Waals surface area contributed by atoms with E-state index in [2.05, 4.69) is 53.8 Å². The summed E-state index contributed by atoms with van der Waals surface area (Å²) in [7, 11) is -6.09. The highest BCUT2D eigenvalue weighted by atomic mass is 127. The molecule has 0 spiro atoms. The average molecular weight is 522 g/mol. The van der Waals surface area contributed by atoms with Crippen LogP contribution < -0.4 is 22.6 Å². The molecule has 0 aromatic heterocycles. The number of alkyl halides is 3. The van der Waals surface area contributed by atoms with Gasteiger partial charge in [0.1, 0.15) is 0 Å². The highest BCUT2D eigenvalue weighted by Gasteiger charge is 2.36. The van der Waals surface area contributed by atoms with E-state index in [1.54, 1.807) is 5.56 Å². The molecule has 0 saturated carbocycles. The molecule has 0 fully saturated rings. The summed E-state index contributed by atoms with van der Waals surface area (Å²) in [5, 5.41) is 0. The Hall–Kier alpha value is -0.350. The zero-order valence-electron chi connectivity index (χ0n) is 15.8. The predicted molar refractivity (Wildman–Crippen MR) is 97.8 cm³/mol. The molecule has 0 bridgehead atoms. The third-order valence-corrected chi connectivity index (χ3v) is 5.76. The highest BCUT2D eigenvalue weighted by molar-refractivity contribution is 7.86. The monoisotopic (exact) mass is 522 g/mol. The van der Waals surface area contributed by atoms with Gasteiger partial charge in [-0.2, -0.15) is 13.2 Å². The third kappa shape index (κ3) is 14.3. The maximum absolute atomic E-state index is 10.7. The molecule has 0 heterocycles. The van der Waals surface area contributed by atoms with Crippen molar-refractivity contribution in [3.8, 4) is 0 Å². The van der Waals surface area contributed by atoms with Gasteiger partial charge in [0.05, 0.1) is 0 Å². The number of benzene rings is 1. The average Bonchev–Trinajstić information content (AvgIpc) is 2.57. The van der Waals surface area contributed by atoms with Gasteiger partial charge in [-0.15, -0.1) is 0 Å². The summed E-state index contributed by atoms with van der Waals surface area (Å²) >= 11 is 2.15. The van der Waals surface area contributed by atoms with E-state index in [1.165, 1.54) is 74.2 Å². The van der Waals surface area contributed by atoms with E-state index in [-0.39, 0.29) is 0 Å². The van der Waals surface area contributed by atoms with E-state index >= 15 is 0 Å². The molecule has 0 N–H and O–H groups in total. The van der Waals surface area contributed by atoms with Crippen molar-refractivity contribution < 1.29 is 48.7 Å². The normalized spacial score (nSPS) is 11.8. The standard InChI is InChI=1S/C18H30I.CHF3O3S/c1-2-3-4-5-6-7-8-9-10-11-14-17-15-12-13-16-18(17)19;2-1(3,4)8(5,6)7/h12-13,15-16,19H,2-11,14H2,1H3;(H,5,6,7)/q+1;/p-1. The smallest absolute Gasteiger partial charge is 0.485 e. The summed E-state index contributed by atoms with van der Waals surface area (Å²) in [5.74, 6) is 0. The minimum absolute atomic E-state index is 1.27. The Kier molecular flexibility index (Phi) is 14.4. The van der Waals surface area contributed by atoms with Gasteiger partial charge in [0.15, 0.2) is 13.7 Å². The Morgan fingerprint density at radius 1 is 0.889 bits per heavy atom. The molecular weight excluding hydrogens is 492 g/mol. The van der Waals surface area contributed by atoms with Crippen LogP contribution >= 0.6 is 0 Å². The van der Waals surface area contributed by atoms with Crippen molar-refractivity contribution in [1.29, 1.82) is 0 Å². The van der Waals surface area contributed by atoms with Crippen LogP contribution in [0.15, 0.2) is 24.3 Å².